The van der Waals surface area contributed by atoms with Crippen LogP contribution in [0.25, 0.3) is 0 Å². The van der Waals surface area contributed by atoms with Gasteiger partial charge in [0.1, 0.15) is 0 Å². The Labute approximate surface area is 129 Å². The van der Waals surface area contributed by atoms with E-state index in [0.717, 1.165) is 22.2 Å². The van der Waals surface area contributed by atoms with Crippen molar-refractivity contribution >= 4 is 15.9 Å². The lowest BCUT2D eigenvalue weighted by Gasteiger charge is -2.17. The maximum absolute atomic E-state index is 12.7. The zero-order valence-electron chi connectivity index (χ0n) is 11.0. The zero-order valence-corrected chi connectivity index (χ0v) is 12.6. The minimum Gasteiger partial charge on any atom is -0.271 e. The molecule has 3 N–H and O–H groups in total. The van der Waals surface area contributed by atoms with Crippen molar-refractivity contribution in [2.24, 2.45) is 5.84 Å². The molecule has 0 radical (unpaired) electrons. The molecule has 0 amide bonds. The summed E-state index contributed by atoms with van der Waals surface area (Å²) in [5.74, 6) is 5.53. The molecule has 2 rings (SSSR count). The van der Waals surface area contributed by atoms with Gasteiger partial charge in [-0.2, -0.15) is 13.2 Å². The molecule has 2 aromatic carbocycles. The maximum Gasteiger partial charge on any atom is 0.416 e. The van der Waals surface area contributed by atoms with Crippen molar-refractivity contribution in [3.8, 4) is 0 Å². The second-order valence-electron chi connectivity index (χ2n) is 4.67. The predicted molar refractivity (Wildman–Crippen MR) is 79.4 cm³/mol. The van der Waals surface area contributed by atoms with Crippen molar-refractivity contribution in [1.82, 2.24) is 5.43 Å². The zero-order chi connectivity index (χ0) is 15.5. The molecule has 6 heteroatoms. The van der Waals surface area contributed by atoms with Crippen molar-refractivity contribution in [2.75, 3.05) is 0 Å². The molecule has 2 nitrogen and oxygen atoms in total. The summed E-state index contributed by atoms with van der Waals surface area (Å²) in [5, 5.41) is 0. The summed E-state index contributed by atoms with van der Waals surface area (Å²) in [5.41, 5.74) is 3.50. The average molecular weight is 359 g/mol. The summed E-state index contributed by atoms with van der Waals surface area (Å²) in [6, 6.07) is 12.5. The molecule has 0 saturated carbocycles. The molecular formula is C15H14BrF3N2. The van der Waals surface area contributed by atoms with Crippen LogP contribution in [0.4, 0.5) is 13.2 Å². The van der Waals surface area contributed by atoms with Gasteiger partial charge in [0, 0.05) is 10.5 Å². The highest BCUT2D eigenvalue weighted by atomic mass is 79.9. The second-order valence-corrected chi connectivity index (χ2v) is 5.59. The Morgan fingerprint density at radius 2 is 1.76 bits per heavy atom. The minimum atomic E-state index is -4.33. The van der Waals surface area contributed by atoms with E-state index in [4.69, 9.17) is 5.84 Å². The van der Waals surface area contributed by atoms with Gasteiger partial charge in [-0.3, -0.25) is 11.3 Å². The molecule has 0 heterocycles. The highest BCUT2D eigenvalue weighted by Gasteiger charge is 2.30. The average Bonchev–Trinajstić information content (AvgIpc) is 2.45. The highest BCUT2D eigenvalue weighted by Crippen LogP contribution is 2.30. The largest absolute Gasteiger partial charge is 0.416 e. The van der Waals surface area contributed by atoms with Crippen LogP contribution in [0.1, 0.15) is 22.7 Å². The van der Waals surface area contributed by atoms with E-state index in [2.05, 4.69) is 21.4 Å². The first-order chi connectivity index (χ1) is 9.90. The van der Waals surface area contributed by atoms with Gasteiger partial charge >= 0.3 is 6.18 Å². The van der Waals surface area contributed by atoms with Crippen LogP contribution in [0.2, 0.25) is 0 Å². The molecule has 21 heavy (non-hydrogen) atoms. The fourth-order valence-electron chi connectivity index (χ4n) is 2.08. The summed E-state index contributed by atoms with van der Waals surface area (Å²) in [6.07, 6.45) is -3.96. The molecule has 1 atom stereocenters. The van der Waals surface area contributed by atoms with Gasteiger partial charge < -0.3 is 0 Å². The molecule has 0 aromatic heterocycles. The third kappa shape index (κ3) is 4.30. The molecule has 0 saturated heterocycles. The van der Waals surface area contributed by atoms with Crippen molar-refractivity contribution in [3.05, 3.63) is 69.7 Å². The highest BCUT2D eigenvalue weighted by molar-refractivity contribution is 9.10. The van der Waals surface area contributed by atoms with Gasteiger partial charge in [0.15, 0.2) is 0 Å². The van der Waals surface area contributed by atoms with Crippen molar-refractivity contribution in [2.45, 2.75) is 18.6 Å². The Kier molecular flexibility index (Phi) is 5.03. The van der Waals surface area contributed by atoms with E-state index in [0.29, 0.717) is 12.0 Å². The molecular weight excluding hydrogens is 345 g/mol. The predicted octanol–water partition coefficient (Wildman–Crippen LogP) is 4.22. The maximum atomic E-state index is 12.7. The number of alkyl halides is 3. The Hall–Kier alpha value is -1.37. The van der Waals surface area contributed by atoms with Crippen LogP contribution in [-0.4, -0.2) is 0 Å². The molecule has 0 aliphatic carbocycles. The number of nitrogens with two attached hydrogens (primary N) is 1. The van der Waals surface area contributed by atoms with Gasteiger partial charge in [-0.05, 0) is 35.7 Å². The van der Waals surface area contributed by atoms with E-state index < -0.39 is 11.7 Å². The van der Waals surface area contributed by atoms with Crippen molar-refractivity contribution < 1.29 is 13.2 Å². The van der Waals surface area contributed by atoms with Gasteiger partial charge in [0.05, 0.1) is 5.56 Å². The topological polar surface area (TPSA) is 38.0 Å². The number of benzene rings is 2. The van der Waals surface area contributed by atoms with Gasteiger partial charge in [-0.15, -0.1) is 0 Å². The summed E-state index contributed by atoms with van der Waals surface area (Å²) in [6.45, 7) is 0. The standard InChI is InChI=1S/C15H14BrF3N2/c16-13-6-4-11(5-7-13)14(21-20)9-10-2-1-3-12(8-10)15(17,18)19/h1-8,14,21H,9,20H2. The van der Waals surface area contributed by atoms with Crippen LogP contribution in [0.5, 0.6) is 0 Å². The third-order valence-corrected chi connectivity index (χ3v) is 3.70. The third-order valence-electron chi connectivity index (χ3n) is 3.17. The molecule has 0 spiro atoms. The Balaban J connectivity index is 2.21. The van der Waals surface area contributed by atoms with E-state index in [1.165, 1.54) is 6.07 Å². The summed E-state index contributed by atoms with van der Waals surface area (Å²) in [7, 11) is 0. The van der Waals surface area contributed by atoms with E-state index in [-0.39, 0.29) is 6.04 Å². The number of hydrogen-bond acceptors (Lipinski definition) is 2. The fourth-order valence-corrected chi connectivity index (χ4v) is 2.34. The van der Waals surface area contributed by atoms with E-state index in [1.54, 1.807) is 6.07 Å². The van der Waals surface area contributed by atoms with Crippen LogP contribution >= 0.6 is 15.9 Å². The van der Waals surface area contributed by atoms with Crippen LogP contribution < -0.4 is 11.3 Å². The molecule has 0 bridgehead atoms. The number of hydrogen-bond donors (Lipinski definition) is 2. The van der Waals surface area contributed by atoms with Gasteiger partial charge in [0.2, 0.25) is 0 Å². The van der Waals surface area contributed by atoms with Gasteiger partial charge in [0.25, 0.3) is 0 Å². The molecule has 0 fully saturated rings. The van der Waals surface area contributed by atoms with Gasteiger partial charge in [-0.1, -0.05) is 46.3 Å². The monoisotopic (exact) mass is 358 g/mol. The summed E-state index contributed by atoms with van der Waals surface area (Å²) in [4.78, 5) is 0. The smallest absolute Gasteiger partial charge is 0.271 e. The van der Waals surface area contributed by atoms with E-state index >= 15 is 0 Å². The summed E-state index contributed by atoms with van der Waals surface area (Å²) < 4.78 is 39.1. The Morgan fingerprint density at radius 3 is 2.33 bits per heavy atom. The fraction of sp³-hybridized carbons (Fsp3) is 0.200. The van der Waals surface area contributed by atoms with Crippen LogP contribution in [0, 0.1) is 0 Å². The van der Waals surface area contributed by atoms with E-state index in [1.807, 2.05) is 24.3 Å². The lowest BCUT2D eigenvalue weighted by atomic mass is 9.98. The molecule has 0 aliphatic heterocycles. The first kappa shape index (κ1) is 16.0. The quantitative estimate of drug-likeness (QED) is 0.634. The molecule has 0 aliphatic rings. The van der Waals surface area contributed by atoms with Crippen LogP contribution in [-0.2, 0) is 12.6 Å². The number of hydrazine groups is 1. The number of halogens is 4. The summed E-state index contributed by atoms with van der Waals surface area (Å²) >= 11 is 3.34. The van der Waals surface area contributed by atoms with Crippen LogP contribution in [0.15, 0.2) is 53.0 Å². The normalized spacial score (nSPS) is 13.2. The van der Waals surface area contributed by atoms with Gasteiger partial charge in [-0.25, -0.2) is 0 Å². The molecule has 2 aromatic rings. The lowest BCUT2D eigenvalue weighted by molar-refractivity contribution is -0.137. The molecule has 112 valence electrons. The van der Waals surface area contributed by atoms with E-state index in [9.17, 15) is 13.2 Å². The lowest BCUT2D eigenvalue weighted by Crippen LogP contribution is -2.29. The Bertz CT molecular complexity index is 597. The number of rotatable bonds is 4. The first-order valence-corrected chi connectivity index (χ1v) is 7.07. The number of nitrogens with one attached hydrogen (secondary N) is 1. The minimum absolute atomic E-state index is 0.249. The molecule has 1 unspecified atom stereocenters. The first-order valence-electron chi connectivity index (χ1n) is 6.28. The van der Waals surface area contributed by atoms with Crippen LogP contribution in [0.3, 0.4) is 0 Å². The van der Waals surface area contributed by atoms with Crippen molar-refractivity contribution in [3.63, 3.8) is 0 Å². The second kappa shape index (κ2) is 6.60. The SMILES string of the molecule is NNC(Cc1cccc(C(F)(F)F)c1)c1ccc(Br)cc1. The Morgan fingerprint density at radius 1 is 1.10 bits per heavy atom. The van der Waals surface area contributed by atoms with Crippen molar-refractivity contribution in [1.29, 1.82) is 0 Å².